The molecule has 119 heavy (non-hydrogen) atoms. The number of nitrogens with one attached hydrogen (secondary N) is 8. The maximum absolute atomic E-state index is 14.0. The number of Topliss-reactive ketones (excluding diaryl/α,β-unsaturated/α-hetero) is 3. The van der Waals surface area contributed by atoms with Gasteiger partial charge >= 0.3 is 0 Å². The quantitative estimate of drug-likeness (QED) is 0.0529. The van der Waals surface area contributed by atoms with Crippen LogP contribution in [-0.2, 0) is 88.5 Å². The lowest BCUT2D eigenvalue weighted by molar-refractivity contribution is -0.140. The molecule has 7 fully saturated rings. The van der Waals surface area contributed by atoms with Crippen LogP contribution < -0.4 is 42.5 Å². The van der Waals surface area contributed by atoms with Gasteiger partial charge in [-0.2, -0.15) is 15.3 Å². The molecule has 3 aromatic carbocycles. The minimum atomic E-state index is -0.587. The molecule has 8 N–H and O–H groups in total. The molecule has 9 atom stereocenters. The zero-order chi connectivity index (χ0) is 84.4. The molecule has 9 heterocycles. The third kappa shape index (κ3) is 18.2. The fourth-order valence-corrected chi connectivity index (χ4v) is 21.0. The molecule has 4 saturated carbocycles. The number of piperidine rings is 3. The fraction of sp³-hybridized carbons (Fsp3) is 0.633. The van der Waals surface area contributed by atoms with Crippen molar-refractivity contribution >= 4 is 115 Å². The SMILES string of the molecule is CNC(=O)[C@@H]1C[C@]23CNC(=O)CCCCCCc4cc(CC(C)C)cc5c(C(C)=O)nn(c45)CC(=O)N1[C@@H]2C3.CNC(=O)[C@@H]1C[C@]23CNC(=O)CCCCCCc4cc(NC)cc5c(C(C)=O)nn(c45)CC(=O)N1[C@@H]2C3.CNC(=O)[C@@H]1C[C@]23CNC(=O)CCCCCCc4cc(NCC5CCCCC5)cc5c(C(C)=O)nn(c45)CC(=O)N1[C@@H]2C3. The van der Waals surface area contributed by atoms with Gasteiger partial charge in [-0.3, -0.25) is 71.6 Å². The molecule has 0 spiro atoms. The Labute approximate surface area is 696 Å². The Hall–Kier alpha value is -10.1. The van der Waals surface area contributed by atoms with E-state index >= 15 is 0 Å². The predicted octanol–water partition coefficient (Wildman–Crippen LogP) is 9.13. The van der Waals surface area contributed by atoms with Gasteiger partial charge in [-0.25, -0.2) is 0 Å². The highest BCUT2D eigenvalue weighted by atomic mass is 16.2. The number of anilines is 2. The largest absolute Gasteiger partial charge is 0.388 e. The molecule has 9 amide bonds. The number of hydrogen-bond donors (Lipinski definition) is 8. The van der Waals surface area contributed by atoms with Gasteiger partial charge in [0.05, 0.1) is 16.6 Å². The van der Waals surface area contributed by atoms with E-state index in [-0.39, 0.29) is 125 Å². The molecular formula is C90H123N17O12. The van der Waals surface area contributed by atoms with E-state index in [9.17, 15) is 57.5 Å². The number of benzene rings is 3. The highest BCUT2D eigenvalue weighted by Gasteiger charge is 2.69. The van der Waals surface area contributed by atoms with Gasteiger partial charge in [0.15, 0.2) is 17.3 Å². The van der Waals surface area contributed by atoms with Gasteiger partial charge in [-0.1, -0.05) is 77.7 Å². The highest BCUT2D eigenvalue weighted by Crippen LogP contribution is 2.62. The van der Waals surface area contributed by atoms with Crippen LogP contribution in [0.2, 0.25) is 0 Å². The Morgan fingerprint density at radius 3 is 1.09 bits per heavy atom. The maximum atomic E-state index is 14.0. The Bertz CT molecular complexity index is 4960. The molecule has 6 aliphatic heterocycles. The summed E-state index contributed by atoms with van der Waals surface area (Å²) in [6, 6.07) is 10.4. The van der Waals surface area contributed by atoms with Gasteiger partial charge in [0.25, 0.3) is 0 Å². The Kier molecular flexibility index (Phi) is 25.9. The van der Waals surface area contributed by atoms with Gasteiger partial charge in [-0.05, 0) is 180 Å². The number of hydrogen-bond acceptors (Lipinski definition) is 17. The molecule has 10 aliphatic rings. The van der Waals surface area contributed by atoms with Crippen molar-refractivity contribution in [2.75, 3.05) is 65.0 Å². The van der Waals surface area contributed by atoms with Crippen LogP contribution in [0.3, 0.4) is 0 Å². The second-order valence-electron chi connectivity index (χ2n) is 36.4. The van der Waals surface area contributed by atoms with E-state index in [1.165, 1.54) is 58.4 Å². The summed E-state index contributed by atoms with van der Waals surface area (Å²) >= 11 is 0. The number of ketones is 3. The lowest BCUT2D eigenvalue weighted by Crippen LogP contribution is -2.48. The fourth-order valence-electron chi connectivity index (χ4n) is 21.0. The van der Waals surface area contributed by atoms with Gasteiger partial charge in [0.1, 0.15) is 54.8 Å². The maximum Gasteiger partial charge on any atom is 0.245 e. The Morgan fingerprint density at radius 1 is 0.420 bits per heavy atom. The average Bonchev–Trinajstić information content (AvgIpc) is 1.54. The third-order valence-corrected chi connectivity index (χ3v) is 27.4. The van der Waals surface area contributed by atoms with E-state index in [2.05, 4.69) is 90.8 Å². The molecule has 3 saturated heterocycles. The van der Waals surface area contributed by atoms with Crippen LogP contribution in [0.4, 0.5) is 11.4 Å². The summed E-state index contributed by atoms with van der Waals surface area (Å²) in [5.41, 5.74) is 9.08. The van der Waals surface area contributed by atoms with Crippen molar-refractivity contribution in [2.45, 2.75) is 283 Å². The summed E-state index contributed by atoms with van der Waals surface area (Å²) in [5.74, 6) is -0.309. The first kappa shape index (κ1) is 85.3. The Morgan fingerprint density at radius 2 is 0.748 bits per heavy atom. The lowest BCUT2D eigenvalue weighted by atomic mass is 9.89. The number of carbonyl (C=O) groups excluding carboxylic acids is 12. The number of aromatic nitrogens is 6. The van der Waals surface area contributed by atoms with Crippen LogP contribution in [0.15, 0.2) is 36.4 Å². The summed E-state index contributed by atoms with van der Waals surface area (Å²) in [5, 5.41) is 40.6. The second kappa shape index (κ2) is 36.1. The van der Waals surface area contributed by atoms with Crippen molar-refractivity contribution in [3.05, 3.63) is 75.7 Å². The summed E-state index contributed by atoms with van der Waals surface area (Å²) in [6.07, 6.45) is 26.2. The van der Waals surface area contributed by atoms with E-state index < -0.39 is 18.1 Å². The number of carbonyl (C=O) groups is 12. The zero-order valence-corrected chi connectivity index (χ0v) is 71.2. The van der Waals surface area contributed by atoms with E-state index in [4.69, 9.17) is 5.10 Å². The van der Waals surface area contributed by atoms with Crippen molar-refractivity contribution in [1.29, 1.82) is 0 Å². The summed E-state index contributed by atoms with van der Waals surface area (Å²) in [7, 11) is 6.60. The van der Waals surface area contributed by atoms with Gasteiger partial charge in [0.2, 0.25) is 53.2 Å². The second-order valence-corrected chi connectivity index (χ2v) is 36.4. The molecular weight excluding hydrogens is 1510 g/mol. The lowest BCUT2D eigenvalue weighted by Gasteiger charge is -2.26. The van der Waals surface area contributed by atoms with E-state index in [0.717, 1.165) is 189 Å². The first-order chi connectivity index (χ1) is 57.2. The normalized spacial score (nSPS) is 26.4. The zero-order valence-electron chi connectivity index (χ0n) is 71.2. The molecule has 29 heteroatoms. The van der Waals surface area contributed by atoms with Crippen molar-refractivity contribution in [2.24, 2.45) is 28.1 Å². The smallest absolute Gasteiger partial charge is 0.245 e. The van der Waals surface area contributed by atoms with Crippen molar-refractivity contribution < 1.29 is 57.5 Å². The molecule has 0 unspecified atom stereocenters. The molecule has 6 aromatic rings. The number of nitrogens with zero attached hydrogens (tertiary/aromatic N) is 9. The summed E-state index contributed by atoms with van der Waals surface area (Å²) in [6.45, 7) is 11.1. The van der Waals surface area contributed by atoms with E-state index in [0.29, 0.717) is 87.1 Å². The van der Waals surface area contributed by atoms with Gasteiger partial charge in [-0.15, -0.1) is 0 Å². The molecule has 16 rings (SSSR count). The van der Waals surface area contributed by atoms with Crippen molar-refractivity contribution in [1.82, 2.24) is 75.9 Å². The summed E-state index contributed by atoms with van der Waals surface area (Å²) in [4.78, 5) is 161. The number of amides is 9. The van der Waals surface area contributed by atoms with Crippen LogP contribution in [0.5, 0.6) is 0 Å². The standard InChI is InChI=1S/C33H46N6O4.C30H41N5O4.C27H36N6O4/c1-21(40)30-25-15-24(35-18-22-10-6-5-7-11-22)14-23-12-8-3-4-9-13-28(41)36-20-33-16-26(32(43)34-2)39(27(33)17-33)29(42)19-38(37-30)31(23)25;1-18(2)11-20-12-21-9-7-5-6-8-10-25(37)32-17-30-14-23(29(39)31-4)35(24(30)15-30)26(38)16-34-28(21)22(13-20)27(33-34)19(3)36;1-16(34)24-19-11-18(28-2)10-17-8-6-4-5-7-9-22(35)30-15-27-12-20(26(37)29-3)33(21(27)13-27)23(36)14-32(31-24)25(17)19/h14-15,22,26-27,35H,3-13,16-20H2,1-2H3,(H,34,43)(H,36,41);12-13,18,23-24H,5-11,14-17H2,1-4H3,(H,31,39)(H,32,37);10-11,20-21,28H,4-9,12-15H2,1-3H3,(H,29,37)(H,30,35)/t26-,27+,33-;23-,24+,30-;20-,21+,27-/m000/s1. The van der Waals surface area contributed by atoms with Gasteiger partial charge < -0.3 is 57.2 Å². The predicted molar refractivity (Wildman–Crippen MR) is 452 cm³/mol. The Balaban J connectivity index is 0.000000147. The first-order valence-electron chi connectivity index (χ1n) is 44.1. The molecule has 3 aromatic heterocycles. The van der Waals surface area contributed by atoms with Crippen molar-refractivity contribution in [3.8, 4) is 0 Å². The molecule has 29 nitrogen and oxygen atoms in total. The van der Waals surface area contributed by atoms with Gasteiger partial charge in [0, 0.05) is 156 Å². The number of aryl methyl sites for hydroxylation is 3. The molecule has 4 aliphatic carbocycles. The third-order valence-electron chi connectivity index (χ3n) is 27.4. The topological polar surface area (TPSA) is 364 Å². The van der Waals surface area contributed by atoms with E-state index in [1.807, 2.05) is 19.2 Å². The molecule has 0 radical (unpaired) electrons. The average molecular weight is 1640 g/mol. The van der Waals surface area contributed by atoms with Crippen LogP contribution in [-0.4, -0.2) is 205 Å². The van der Waals surface area contributed by atoms with Crippen LogP contribution >= 0.6 is 0 Å². The summed E-state index contributed by atoms with van der Waals surface area (Å²) < 4.78 is 5.07. The molecule has 6 bridgehead atoms. The number of rotatable bonds is 12. The molecule has 640 valence electrons. The monoisotopic (exact) mass is 1630 g/mol. The van der Waals surface area contributed by atoms with Crippen molar-refractivity contribution in [3.63, 3.8) is 0 Å². The first-order valence-corrected chi connectivity index (χ1v) is 44.1. The van der Waals surface area contributed by atoms with E-state index in [1.54, 1.807) is 49.9 Å². The number of likely N-dealkylation sites (N-methyl/N-ethyl adjacent to an activating group) is 3. The van der Waals surface area contributed by atoms with Crippen LogP contribution in [0.25, 0.3) is 32.7 Å². The minimum absolute atomic E-state index is 0.0333. The highest BCUT2D eigenvalue weighted by molar-refractivity contribution is 6.09. The minimum Gasteiger partial charge on any atom is -0.388 e. The van der Waals surface area contributed by atoms with Crippen LogP contribution in [0.1, 0.15) is 255 Å². The van der Waals surface area contributed by atoms with Crippen LogP contribution in [0, 0.1) is 28.1 Å².